The molecular weight excluding hydrogens is 459 g/mol. The molecule has 3 heterocycles. The van der Waals surface area contributed by atoms with E-state index < -0.39 is 0 Å². The van der Waals surface area contributed by atoms with Crippen molar-refractivity contribution in [3.63, 3.8) is 0 Å². The van der Waals surface area contributed by atoms with Gasteiger partial charge in [0.05, 0.1) is 43.3 Å². The van der Waals surface area contributed by atoms with Gasteiger partial charge >= 0.3 is 0 Å². The SMILES string of the molecule is COc1cc(OC)cc(N(CCC2CCN(F)CC2)c2ccc3ncc(-c4cnn(C)c4)nc3c2)c1. The first-order valence-corrected chi connectivity index (χ1v) is 12.2. The minimum absolute atomic E-state index is 0.476. The highest BCUT2D eigenvalue weighted by Gasteiger charge is 2.21. The molecule has 0 N–H and O–H groups in total. The van der Waals surface area contributed by atoms with Crippen molar-refractivity contribution in [2.75, 3.05) is 38.8 Å². The van der Waals surface area contributed by atoms with Crippen molar-refractivity contribution in [3.05, 3.63) is 55.0 Å². The highest BCUT2D eigenvalue weighted by molar-refractivity contribution is 5.82. The average Bonchev–Trinajstić information content (AvgIpc) is 3.35. The lowest BCUT2D eigenvalue weighted by atomic mass is 9.94. The summed E-state index contributed by atoms with van der Waals surface area (Å²) in [5.74, 6) is 1.92. The Morgan fingerprint density at radius 1 is 0.972 bits per heavy atom. The van der Waals surface area contributed by atoms with Crippen molar-refractivity contribution in [2.45, 2.75) is 19.3 Å². The van der Waals surface area contributed by atoms with Crippen LogP contribution in [-0.2, 0) is 7.05 Å². The van der Waals surface area contributed by atoms with Crippen molar-refractivity contribution >= 4 is 22.4 Å². The molecule has 0 atom stereocenters. The molecule has 1 aliphatic heterocycles. The number of anilines is 2. The Labute approximate surface area is 210 Å². The first-order valence-electron chi connectivity index (χ1n) is 12.2. The van der Waals surface area contributed by atoms with Gasteiger partial charge in [0.1, 0.15) is 11.5 Å². The van der Waals surface area contributed by atoms with Crippen LogP contribution in [-0.4, -0.2) is 58.7 Å². The Balaban J connectivity index is 1.51. The van der Waals surface area contributed by atoms with Crippen LogP contribution >= 0.6 is 0 Å². The topological polar surface area (TPSA) is 68.5 Å². The molecule has 0 bridgehead atoms. The molecule has 0 spiro atoms. The number of fused-ring (bicyclic) bond motifs is 1. The molecular formula is C27H31FN6O2. The Hall–Kier alpha value is -3.72. The van der Waals surface area contributed by atoms with Crippen molar-refractivity contribution in [2.24, 2.45) is 13.0 Å². The van der Waals surface area contributed by atoms with Crippen LogP contribution in [0.25, 0.3) is 22.3 Å². The summed E-state index contributed by atoms with van der Waals surface area (Å²) in [6.07, 6.45) is 8.18. The fourth-order valence-corrected chi connectivity index (χ4v) is 4.72. The molecule has 0 saturated carbocycles. The minimum Gasteiger partial charge on any atom is -0.497 e. The second-order valence-electron chi connectivity index (χ2n) is 9.20. The Kier molecular flexibility index (Phi) is 6.99. The van der Waals surface area contributed by atoms with E-state index >= 15 is 0 Å². The lowest BCUT2D eigenvalue weighted by Crippen LogP contribution is -2.29. The quantitative estimate of drug-likeness (QED) is 0.316. The molecule has 1 fully saturated rings. The molecule has 188 valence electrons. The molecule has 0 radical (unpaired) electrons. The van der Waals surface area contributed by atoms with Gasteiger partial charge in [0, 0.05) is 68.0 Å². The van der Waals surface area contributed by atoms with Crippen LogP contribution in [0.5, 0.6) is 11.5 Å². The number of piperidine rings is 1. The third kappa shape index (κ3) is 5.26. The molecule has 8 nitrogen and oxygen atoms in total. The monoisotopic (exact) mass is 490 g/mol. The summed E-state index contributed by atoms with van der Waals surface area (Å²) in [5, 5.41) is 5.17. The second-order valence-corrected chi connectivity index (χ2v) is 9.20. The van der Waals surface area contributed by atoms with Gasteiger partial charge in [-0.05, 0) is 43.4 Å². The summed E-state index contributed by atoms with van der Waals surface area (Å²) in [5.41, 5.74) is 5.29. The van der Waals surface area contributed by atoms with E-state index in [-0.39, 0.29) is 0 Å². The first kappa shape index (κ1) is 24.0. The number of hydrogen-bond acceptors (Lipinski definition) is 7. The highest BCUT2D eigenvalue weighted by atomic mass is 19.2. The Bertz CT molecular complexity index is 1310. The molecule has 2 aromatic carbocycles. The molecule has 1 aliphatic rings. The van der Waals surface area contributed by atoms with Gasteiger partial charge < -0.3 is 14.4 Å². The maximum atomic E-state index is 13.5. The van der Waals surface area contributed by atoms with E-state index in [1.165, 1.54) is 0 Å². The van der Waals surface area contributed by atoms with Gasteiger partial charge in [0.15, 0.2) is 0 Å². The molecule has 36 heavy (non-hydrogen) atoms. The van der Waals surface area contributed by atoms with Crippen LogP contribution in [0.4, 0.5) is 15.9 Å². The summed E-state index contributed by atoms with van der Waals surface area (Å²) >= 11 is 0. The Morgan fingerprint density at radius 3 is 2.39 bits per heavy atom. The number of nitrogens with zero attached hydrogens (tertiary/aromatic N) is 6. The molecule has 2 aromatic heterocycles. The van der Waals surface area contributed by atoms with Crippen molar-refractivity contribution in [1.29, 1.82) is 0 Å². The number of benzene rings is 2. The smallest absolute Gasteiger partial charge is 0.124 e. The van der Waals surface area contributed by atoms with Crippen LogP contribution in [0.15, 0.2) is 55.0 Å². The molecule has 1 saturated heterocycles. The van der Waals surface area contributed by atoms with Crippen molar-refractivity contribution < 1.29 is 14.0 Å². The van der Waals surface area contributed by atoms with Crippen LogP contribution in [0.1, 0.15) is 19.3 Å². The van der Waals surface area contributed by atoms with E-state index in [0.717, 1.165) is 76.1 Å². The summed E-state index contributed by atoms with van der Waals surface area (Å²) < 4.78 is 26.4. The summed E-state index contributed by atoms with van der Waals surface area (Å²) in [6.45, 7) is 1.77. The largest absolute Gasteiger partial charge is 0.497 e. The number of halogens is 1. The number of ether oxygens (including phenoxy) is 2. The van der Waals surface area contributed by atoms with Crippen molar-refractivity contribution in [1.82, 2.24) is 24.9 Å². The van der Waals surface area contributed by atoms with E-state index in [4.69, 9.17) is 14.5 Å². The third-order valence-corrected chi connectivity index (χ3v) is 6.81. The first-order chi connectivity index (χ1) is 17.5. The zero-order valence-electron chi connectivity index (χ0n) is 20.9. The van der Waals surface area contributed by atoms with E-state index in [9.17, 15) is 4.48 Å². The fraction of sp³-hybridized carbons (Fsp3) is 0.370. The number of aromatic nitrogens is 4. The highest BCUT2D eigenvalue weighted by Crippen LogP contribution is 2.35. The average molecular weight is 491 g/mol. The van der Waals surface area contributed by atoms with Gasteiger partial charge in [0.2, 0.25) is 0 Å². The standard InChI is InChI=1S/C27H31FN6O2/c1-32-18-20(16-30-32)27-17-29-25-5-4-21(14-26(25)31-27)34(11-8-19-6-9-33(28)10-7-19)22-12-23(35-2)15-24(13-22)36-3/h4-5,12-19H,6-11H2,1-3H3. The summed E-state index contributed by atoms with van der Waals surface area (Å²) in [4.78, 5) is 11.8. The van der Waals surface area contributed by atoms with Crippen LogP contribution in [0, 0.1) is 5.92 Å². The van der Waals surface area contributed by atoms with E-state index in [1.54, 1.807) is 31.3 Å². The van der Waals surface area contributed by atoms with E-state index in [2.05, 4.69) is 27.1 Å². The Morgan fingerprint density at radius 2 is 1.72 bits per heavy atom. The number of rotatable bonds is 8. The maximum absolute atomic E-state index is 13.5. The normalized spacial score (nSPS) is 14.8. The predicted octanol–water partition coefficient (Wildman–Crippen LogP) is 5.17. The molecule has 4 aromatic rings. The lowest BCUT2D eigenvalue weighted by molar-refractivity contribution is -0.00933. The lowest BCUT2D eigenvalue weighted by Gasteiger charge is -2.30. The predicted molar refractivity (Wildman–Crippen MR) is 138 cm³/mol. The van der Waals surface area contributed by atoms with Crippen LogP contribution in [0.2, 0.25) is 0 Å². The maximum Gasteiger partial charge on any atom is 0.124 e. The summed E-state index contributed by atoms with van der Waals surface area (Å²) in [6, 6.07) is 12.0. The van der Waals surface area contributed by atoms with Gasteiger partial charge in [-0.15, -0.1) is 9.60 Å². The van der Waals surface area contributed by atoms with Crippen LogP contribution in [0.3, 0.4) is 0 Å². The van der Waals surface area contributed by atoms with Gasteiger partial charge in [-0.25, -0.2) is 4.98 Å². The second kappa shape index (κ2) is 10.5. The van der Waals surface area contributed by atoms with Gasteiger partial charge in [-0.3, -0.25) is 9.67 Å². The molecule has 0 unspecified atom stereocenters. The van der Waals surface area contributed by atoms with Gasteiger partial charge in [-0.2, -0.15) is 5.10 Å². The van der Waals surface area contributed by atoms with E-state index in [0.29, 0.717) is 19.0 Å². The molecule has 0 amide bonds. The fourth-order valence-electron chi connectivity index (χ4n) is 4.72. The minimum atomic E-state index is 0.476. The van der Waals surface area contributed by atoms with Gasteiger partial charge in [-0.1, -0.05) is 0 Å². The van der Waals surface area contributed by atoms with Gasteiger partial charge in [0.25, 0.3) is 0 Å². The molecule has 5 rings (SSSR count). The molecule has 0 aliphatic carbocycles. The zero-order valence-corrected chi connectivity index (χ0v) is 20.9. The third-order valence-electron chi connectivity index (χ3n) is 6.81. The van der Waals surface area contributed by atoms with Crippen molar-refractivity contribution in [3.8, 4) is 22.8 Å². The van der Waals surface area contributed by atoms with E-state index in [1.807, 2.05) is 37.5 Å². The van der Waals surface area contributed by atoms with Crippen LogP contribution < -0.4 is 14.4 Å². The summed E-state index contributed by atoms with van der Waals surface area (Å²) in [7, 11) is 5.19. The number of hydrogen-bond donors (Lipinski definition) is 0. The molecule has 9 heteroatoms. The number of aryl methyl sites for hydroxylation is 1. The zero-order chi connectivity index (χ0) is 25.1. The number of methoxy groups -OCH3 is 2.